The van der Waals surface area contributed by atoms with E-state index >= 15 is 0 Å². The van der Waals surface area contributed by atoms with Gasteiger partial charge in [-0.05, 0) is 73.7 Å². The molecule has 0 unspecified atom stereocenters. The Kier molecular flexibility index (Phi) is 8.37. The van der Waals surface area contributed by atoms with Crippen LogP contribution in [0, 0.1) is 13.8 Å². The van der Waals surface area contributed by atoms with Crippen LogP contribution in [0.5, 0.6) is 0 Å². The van der Waals surface area contributed by atoms with Crippen LogP contribution >= 0.6 is 34.5 Å². The molecule has 0 fully saturated rings. The number of fused-ring (bicyclic) bond motifs is 2. The first-order chi connectivity index (χ1) is 21.5. The van der Waals surface area contributed by atoms with Crippen LogP contribution in [0.1, 0.15) is 66.2 Å². The predicted octanol–water partition coefficient (Wildman–Crippen LogP) is 7.46. The molecular weight excluding hydrogens is 625 g/mol. The highest BCUT2D eigenvalue weighted by Crippen LogP contribution is 2.33. The van der Waals surface area contributed by atoms with Crippen molar-refractivity contribution in [3.63, 3.8) is 0 Å². The van der Waals surface area contributed by atoms with Crippen LogP contribution in [0.25, 0.3) is 17.0 Å². The number of carbonyl (C=O) groups is 1. The van der Waals surface area contributed by atoms with Gasteiger partial charge in [-0.25, -0.2) is 9.79 Å². The maximum absolute atomic E-state index is 14.3. The van der Waals surface area contributed by atoms with Crippen LogP contribution in [0.4, 0.5) is 0 Å². The van der Waals surface area contributed by atoms with Crippen LogP contribution in [0.3, 0.4) is 0 Å². The molecule has 0 saturated carbocycles. The lowest BCUT2D eigenvalue weighted by Crippen LogP contribution is -2.39. The molecule has 6 nitrogen and oxygen atoms in total. The number of halogens is 2. The molecule has 230 valence electrons. The van der Waals surface area contributed by atoms with Gasteiger partial charge in [-0.3, -0.25) is 9.36 Å². The van der Waals surface area contributed by atoms with Crippen LogP contribution in [0.15, 0.2) is 81.7 Å². The van der Waals surface area contributed by atoms with Crippen molar-refractivity contribution in [2.24, 2.45) is 4.99 Å². The number of carbonyl (C=O) groups excluding carboxylic acids is 1. The highest BCUT2D eigenvalue weighted by atomic mass is 35.5. The molecule has 6 rings (SSSR count). The van der Waals surface area contributed by atoms with E-state index in [1.54, 1.807) is 11.5 Å². The number of aryl methyl sites for hydroxylation is 1. The number of esters is 1. The van der Waals surface area contributed by atoms with Crippen molar-refractivity contribution in [3.8, 4) is 0 Å². The number of hydrogen-bond acceptors (Lipinski definition) is 5. The first-order valence-corrected chi connectivity index (χ1v) is 16.3. The standard InChI is InChI=1S/C36H33Cl2N3O3S/c1-19(2)24-9-11-25(12-10-24)33-32(35(43)44-6)21(4)39-36-41(33)34(42)31(45-36)17-26-22(5)40(30-14-7-20(3)15-27(26)30)18-23-8-13-28(37)29(38)16-23/h7-17,19,33H,18H2,1-6H3/b31-17-/t33-/m0/s1. The molecule has 0 saturated heterocycles. The predicted molar refractivity (Wildman–Crippen MR) is 183 cm³/mol. The maximum Gasteiger partial charge on any atom is 0.338 e. The zero-order valence-corrected chi connectivity index (χ0v) is 28.3. The Hall–Kier alpha value is -3.91. The molecule has 0 radical (unpaired) electrons. The van der Waals surface area contributed by atoms with Crippen molar-refractivity contribution in [2.45, 2.75) is 53.1 Å². The minimum atomic E-state index is -0.656. The number of benzene rings is 3. The Morgan fingerprint density at radius 2 is 1.76 bits per heavy atom. The highest BCUT2D eigenvalue weighted by molar-refractivity contribution is 7.07. The minimum absolute atomic E-state index is 0.206. The van der Waals surface area contributed by atoms with E-state index in [1.807, 2.05) is 36.4 Å². The monoisotopic (exact) mass is 657 g/mol. The average Bonchev–Trinajstić information content (AvgIpc) is 3.45. The first kappa shape index (κ1) is 31.1. The van der Waals surface area contributed by atoms with Crippen molar-refractivity contribution in [1.82, 2.24) is 9.13 Å². The quantitative estimate of drug-likeness (QED) is 0.178. The van der Waals surface area contributed by atoms with E-state index in [4.69, 9.17) is 32.9 Å². The van der Waals surface area contributed by atoms with E-state index in [1.165, 1.54) is 24.0 Å². The topological polar surface area (TPSA) is 65.6 Å². The van der Waals surface area contributed by atoms with Crippen molar-refractivity contribution in [3.05, 3.63) is 135 Å². The Morgan fingerprint density at radius 3 is 2.42 bits per heavy atom. The third-order valence-electron chi connectivity index (χ3n) is 8.47. The van der Waals surface area contributed by atoms with Gasteiger partial charge < -0.3 is 9.30 Å². The number of ether oxygens (including phenoxy) is 1. The SMILES string of the molecule is COC(=O)C1=C(C)N=c2s/c(=C\c3c(C)n(Cc4ccc(Cl)c(Cl)c4)c4ccc(C)cc34)c(=O)n2[C@H]1c1ccc(C(C)C)cc1. The van der Waals surface area contributed by atoms with E-state index < -0.39 is 12.0 Å². The minimum Gasteiger partial charge on any atom is -0.466 e. The summed E-state index contributed by atoms with van der Waals surface area (Å²) in [6.45, 7) is 10.8. The Morgan fingerprint density at radius 1 is 1.02 bits per heavy atom. The molecule has 9 heteroatoms. The summed E-state index contributed by atoms with van der Waals surface area (Å²) in [5, 5.41) is 2.07. The molecule has 1 aliphatic rings. The molecule has 3 heterocycles. The first-order valence-electron chi connectivity index (χ1n) is 14.7. The summed E-state index contributed by atoms with van der Waals surface area (Å²) in [6.07, 6.45) is 1.96. The van der Waals surface area contributed by atoms with Gasteiger partial charge in [-0.15, -0.1) is 0 Å². The van der Waals surface area contributed by atoms with Crippen LogP contribution in [-0.4, -0.2) is 22.2 Å². The summed E-state index contributed by atoms with van der Waals surface area (Å²) in [4.78, 5) is 32.7. The van der Waals surface area contributed by atoms with Crippen LogP contribution in [0.2, 0.25) is 10.0 Å². The van der Waals surface area contributed by atoms with E-state index in [2.05, 4.69) is 62.6 Å². The van der Waals surface area contributed by atoms with E-state index in [0.29, 0.717) is 43.1 Å². The molecule has 3 aromatic carbocycles. The molecule has 1 atom stereocenters. The third-order valence-corrected chi connectivity index (χ3v) is 10.2. The number of thiazole rings is 1. The number of nitrogens with zero attached hydrogens (tertiary/aromatic N) is 3. The third kappa shape index (κ3) is 5.58. The maximum atomic E-state index is 14.3. The van der Waals surface area contributed by atoms with Gasteiger partial charge in [0, 0.05) is 28.7 Å². The van der Waals surface area contributed by atoms with E-state index in [0.717, 1.165) is 38.9 Å². The molecule has 2 aromatic heterocycles. The van der Waals surface area contributed by atoms with Crippen molar-refractivity contribution in [1.29, 1.82) is 0 Å². The highest BCUT2D eigenvalue weighted by Gasteiger charge is 2.33. The van der Waals surface area contributed by atoms with Gasteiger partial charge >= 0.3 is 5.97 Å². The zero-order chi connectivity index (χ0) is 32.2. The number of rotatable bonds is 6. The van der Waals surface area contributed by atoms with Gasteiger partial charge in [-0.2, -0.15) is 0 Å². The second-order valence-corrected chi connectivity index (χ2v) is 13.6. The Labute approximate surface area is 275 Å². The normalized spacial score (nSPS) is 15.1. The Balaban J connectivity index is 1.55. The molecule has 0 amide bonds. The second-order valence-electron chi connectivity index (χ2n) is 11.7. The summed E-state index contributed by atoms with van der Waals surface area (Å²) < 4.78 is 9.58. The molecular formula is C36H33Cl2N3O3S. The molecule has 5 aromatic rings. The second kappa shape index (κ2) is 12.1. The fourth-order valence-electron chi connectivity index (χ4n) is 6.03. The fraction of sp³-hybridized carbons (Fsp3) is 0.250. The van der Waals surface area contributed by atoms with Crippen molar-refractivity contribution in [2.75, 3.05) is 7.11 Å². The lowest BCUT2D eigenvalue weighted by Gasteiger charge is -2.24. The summed E-state index contributed by atoms with van der Waals surface area (Å²) in [7, 11) is 1.35. The molecule has 0 bridgehead atoms. The van der Waals surface area contributed by atoms with Crippen molar-refractivity contribution < 1.29 is 9.53 Å². The van der Waals surface area contributed by atoms with Crippen LogP contribution in [-0.2, 0) is 16.1 Å². The number of aromatic nitrogens is 2. The fourth-order valence-corrected chi connectivity index (χ4v) is 7.38. The van der Waals surface area contributed by atoms with Gasteiger partial charge in [0.15, 0.2) is 4.80 Å². The zero-order valence-electron chi connectivity index (χ0n) is 25.9. The van der Waals surface area contributed by atoms with E-state index in [9.17, 15) is 9.59 Å². The number of methoxy groups -OCH3 is 1. The van der Waals surface area contributed by atoms with Gasteiger partial charge in [0.1, 0.15) is 0 Å². The van der Waals surface area contributed by atoms with Crippen molar-refractivity contribution >= 4 is 57.5 Å². The summed E-state index contributed by atoms with van der Waals surface area (Å²) in [5.74, 6) is -0.149. The van der Waals surface area contributed by atoms with Gasteiger partial charge in [0.25, 0.3) is 5.56 Å². The molecule has 0 spiro atoms. The van der Waals surface area contributed by atoms with Crippen LogP contribution < -0.4 is 14.9 Å². The summed E-state index contributed by atoms with van der Waals surface area (Å²) >= 11 is 13.8. The van der Waals surface area contributed by atoms with Gasteiger partial charge in [0.2, 0.25) is 0 Å². The molecule has 1 aliphatic heterocycles. The molecule has 45 heavy (non-hydrogen) atoms. The lowest BCUT2D eigenvalue weighted by atomic mass is 9.93. The average molecular weight is 659 g/mol. The largest absolute Gasteiger partial charge is 0.466 e. The molecule has 0 N–H and O–H groups in total. The van der Waals surface area contributed by atoms with Gasteiger partial charge in [-0.1, -0.05) is 90.3 Å². The lowest BCUT2D eigenvalue weighted by molar-refractivity contribution is -0.136. The Bertz CT molecular complexity index is 2200. The summed E-state index contributed by atoms with van der Waals surface area (Å²) in [5.41, 5.74) is 7.86. The summed E-state index contributed by atoms with van der Waals surface area (Å²) in [6, 6.07) is 19.4. The van der Waals surface area contributed by atoms with E-state index in [-0.39, 0.29) is 5.56 Å². The van der Waals surface area contributed by atoms with Gasteiger partial charge in [0.05, 0.1) is 39.0 Å². The number of hydrogen-bond donors (Lipinski definition) is 0. The smallest absolute Gasteiger partial charge is 0.338 e. The molecule has 0 aliphatic carbocycles. The number of allylic oxidation sites excluding steroid dienone is 1.